The molecule has 2 aromatic carbocycles. The highest BCUT2D eigenvalue weighted by atomic mass is 35.5. The van der Waals surface area contributed by atoms with Crippen LogP contribution < -0.4 is 4.74 Å². The Hall–Kier alpha value is -2.83. The number of carboxylic acids is 1. The third-order valence-electron chi connectivity index (χ3n) is 3.68. The van der Waals surface area contributed by atoms with E-state index in [1.165, 1.54) is 6.07 Å². The van der Waals surface area contributed by atoms with Gasteiger partial charge in [-0.3, -0.25) is 0 Å². The molecule has 1 heterocycles. The molecule has 2 N–H and O–H groups in total. The lowest BCUT2D eigenvalue weighted by Crippen LogP contribution is -2.02. The molecule has 0 bridgehead atoms. The molecule has 0 fully saturated rings. The van der Waals surface area contributed by atoms with Gasteiger partial charge in [-0.25, -0.2) is 9.48 Å². The van der Waals surface area contributed by atoms with Crippen molar-refractivity contribution in [2.24, 2.45) is 0 Å². The topological polar surface area (TPSA) is 84.6 Å². The average molecular weight is 373 g/mol. The van der Waals surface area contributed by atoms with Crippen LogP contribution in [-0.2, 0) is 0 Å². The molecular formula is C19H17ClN2O4. The molecule has 0 saturated heterocycles. The fourth-order valence-corrected chi connectivity index (χ4v) is 2.68. The standard InChI is InChI=1S/C19H17ClN2O4/c20-14-5-2-6-15(11-14)22-18(12-17(21-22)19(24)25)13-4-1-7-16(10-13)26-9-3-8-23/h1-2,4-7,10-12,23H,3,8-9H2,(H,24,25). The summed E-state index contributed by atoms with van der Waals surface area (Å²) >= 11 is 6.06. The fourth-order valence-electron chi connectivity index (χ4n) is 2.50. The Kier molecular flexibility index (Phi) is 5.55. The van der Waals surface area contributed by atoms with Crippen molar-refractivity contribution < 1.29 is 19.7 Å². The molecule has 3 aromatic rings. The number of aromatic carboxylic acids is 1. The quantitative estimate of drug-likeness (QED) is 0.618. The van der Waals surface area contributed by atoms with E-state index in [2.05, 4.69) is 5.10 Å². The third-order valence-corrected chi connectivity index (χ3v) is 3.92. The molecular weight excluding hydrogens is 356 g/mol. The van der Waals surface area contributed by atoms with Crippen molar-refractivity contribution in [1.82, 2.24) is 9.78 Å². The van der Waals surface area contributed by atoms with Gasteiger partial charge >= 0.3 is 5.97 Å². The van der Waals surface area contributed by atoms with Crippen molar-refractivity contribution in [3.05, 3.63) is 65.3 Å². The van der Waals surface area contributed by atoms with E-state index in [0.717, 1.165) is 5.56 Å². The first-order chi connectivity index (χ1) is 12.6. The minimum Gasteiger partial charge on any atom is -0.493 e. The molecule has 0 aliphatic heterocycles. The lowest BCUT2D eigenvalue weighted by Gasteiger charge is -2.10. The highest BCUT2D eigenvalue weighted by Gasteiger charge is 2.16. The number of carbonyl (C=O) groups is 1. The summed E-state index contributed by atoms with van der Waals surface area (Å²) < 4.78 is 7.14. The highest BCUT2D eigenvalue weighted by Crippen LogP contribution is 2.28. The predicted molar refractivity (Wildman–Crippen MR) is 98.2 cm³/mol. The molecule has 26 heavy (non-hydrogen) atoms. The molecule has 0 radical (unpaired) electrons. The van der Waals surface area contributed by atoms with Gasteiger partial charge in [-0.1, -0.05) is 29.8 Å². The Balaban J connectivity index is 2.04. The molecule has 0 unspecified atom stereocenters. The van der Waals surface area contributed by atoms with Crippen molar-refractivity contribution in [3.63, 3.8) is 0 Å². The van der Waals surface area contributed by atoms with Crippen LogP contribution in [0.25, 0.3) is 16.9 Å². The minimum absolute atomic E-state index is 0.0587. The van der Waals surface area contributed by atoms with Crippen LogP contribution in [0.2, 0.25) is 5.02 Å². The molecule has 0 saturated carbocycles. The highest BCUT2D eigenvalue weighted by molar-refractivity contribution is 6.30. The molecule has 0 spiro atoms. The first-order valence-electron chi connectivity index (χ1n) is 8.02. The summed E-state index contributed by atoms with van der Waals surface area (Å²) in [4.78, 5) is 11.4. The number of benzene rings is 2. The van der Waals surface area contributed by atoms with Gasteiger partial charge in [0.1, 0.15) is 5.75 Å². The minimum atomic E-state index is -1.11. The van der Waals surface area contributed by atoms with Gasteiger partial charge in [-0.2, -0.15) is 5.10 Å². The maximum absolute atomic E-state index is 11.4. The average Bonchev–Trinajstić information content (AvgIpc) is 3.08. The van der Waals surface area contributed by atoms with Gasteiger partial charge in [0.2, 0.25) is 0 Å². The Bertz CT molecular complexity index is 923. The van der Waals surface area contributed by atoms with Crippen molar-refractivity contribution in [3.8, 4) is 22.7 Å². The summed E-state index contributed by atoms with van der Waals surface area (Å²) in [6, 6.07) is 15.8. The number of rotatable bonds is 7. The number of hydrogen-bond donors (Lipinski definition) is 2. The Morgan fingerprint density at radius 3 is 2.69 bits per heavy atom. The van der Waals surface area contributed by atoms with E-state index in [0.29, 0.717) is 35.2 Å². The summed E-state index contributed by atoms with van der Waals surface area (Å²) in [7, 11) is 0. The number of hydrogen-bond acceptors (Lipinski definition) is 4. The Labute approximate surface area is 155 Å². The van der Waals surface area contributed by atoms with Gasteiger partial charge in [-0.05, 0) is 36.4 Å². The molecule has 3 rings (SSSR count). The van der Waals surface area contributed by atoms with Crippen molar-refractivity contribution >= 4 is 17.6 Å². The van der Waals surface area contributed by atoms with Crippen LogP contribution >= 0.6 is 11.6 Å². The number of aliphatic hydroxyl groups is 1. The fraction of sp³-hybridized carbons (Fsp3) is 0.158. The van der Waals surface area contributed by atoms with Gasteiger partial charge < -0.3 is 14.9 Å². The normalized spacial score (nSPS) is 10.7. The van der Waals surface area contributed by atoms with Crippen LogP contribution in [0, 0.1) is 0 Å². The van der Waals surface area contributed by atoms with Gasteiger partial charge in [0.15, 0.2) is 5.69 Å². The third kappa shape index (κ3) is 4.04. The molecule has 1 aromatic heterocycles. The summed E-state index contributed by atoms with van der Waals surface area (Å²) in [6.45, 7) is 0.455. The lowest BCUT2D eigenvalue weighted by atomic mass is 10.1. The molecule has 6 nitrogen and oxygen atoms in total. The van der Waals surface area contributed by atoms with Crippen molar-refractivity contribution in [1.29, 1.82) is 0 Å². The molecule has 7 heteroatoms. The summed E-state index contributed by atoms with van der Waals surface area (Å²) in [6.07, 6.45) is 0.536. The number of halogens is 1. The molecule has 134 valence electrons. The monoisotopic (exact) mass is 372 g/mol. The van der Waals surface area contributed by atoms with Gasteiger partial charge in [0, 0.05) is 23.6 Å². The van der Waals surface area contributed by atoms with Crippen molar-refractivity contribution in [2.75, 3.05) is 13.2 Å². The lowest BCUT2D eigenvalue weighted by molar-refractivity contribution is 0.0690. The Morgan fingerprint density at radius 1 is 1.15 bits per heavy atom. The zero-order valence-electron chi connectivity index (χ0n) is 13.8. The first kappa shape index (κ1) is 18.0. The van der Waals surface area contributed by atoms with Crippen LogP contribution in [0.1, 0.15) is 16.9 Å². The second kappa shape index (κ2) is 8.03. The van der Waals surface area contributed by atoms with Crippen LogP contribution in [0.3, 0.4) is 0 Å². The number of nitrogens with zero attached hydrogens (tertiary/aromatic N) is 2. The number of carboxylic acid groups (broad SMARTS) is 1. The van der Waals surface area contributed by atoms with Crippen LogP contribution in [0.5, 0.6) is 5.75 Å². The molecule has 0 aliphatic rings. The molecule has 0 amide bonds. The molecule has 0 atom stereocenters. The van der Waals surface area contributed by atoms with Crippen LogP contribution in [-0.4, -0.2) is 39.2 Å². The second-order valence-corrected chi connectivity index (χ2v) is 6.00. The largest absolute Gasteiger partial charge is 0.493 e. The zero-order chi connectivity index (χ0) is 18.5. The first-order valence-corrected chi connectivity index (χ1v) is 8.39. The smallest absolute Gasteiger partial charge is 0.356 e. The number of aromatic nitrogens is 2. The second-order valence-electron chi connectivity index (χ2n) is 5.57. The van der Waals surface area contributed by atoms with Crippen LogP contribution in [0.15, 0.2) is 54.6 Å². The van der Waals surface area contributed by atoms with E-state index in [1.807, 2.05) is 12.1 Å². The van der Waals surface area contributed by atoms with Crippen molar-refractivity contribution in [2.45, 2.75) is 6.42 Å². The van der Waals surface area contributed by atoms with Gasteiger partial charge in [0.25, 0.3) is 0 Å². The SMILES string of the molecule is O=C(O)c1cc(-c2cccc(OCCCO)c2)n(-c2cccc(Cl)c2)n1. The summed E-state index contributed by atoms with van der Waals surface area (Å²) in [5, 5.41) is 22.9. The maximum atomic E-state index is 11.4. The Morgan fingerprint density at radius 2 is 1.96 bits per heavy atom. The van der Waals surface area contributed by atoms with E-state index in [9.17, 15) is 9.90 Å². The van der Waals surface area contributed by atoms with Crippen LogP contribution in [0.4, 0.5) is 0 Å². The van der Waals surface area contributed by atoms with E-state index in [4.69, 9.17) is 21.4 Å². The van der Waals surface area contributed by atoms with E-state index in [1.54, 1.807) is 41.1 Å². The molecule has 0 aliphatic carbocycles. The van der Waals surface area contributed by atoms with Gasteiger partial charge in [-0.15, -0.1) is 0 Å². The number of aliphatic hydroxyl groups excluding tert-OH is 1. The van der Waals surface area contributed by atoms with E-state index in [-0.39, 0.29) is 12.3 Å². The van der Waals surface area contributed by atoms with E-state index < -0.39 is 5.97 Å². The van der Waals surface area contributed by atoms with Gasteiger partial charge in [0.05, 0.1) is 18.0 Å². The summed E-state index contributed by atoms with van der Waals surface area (Å²) in [5.74, 6) is -0.478. The maximum Gasteiger partial charge on any atom is 0.356 e. The van der Waals surface area contributed by atoms with E-state index >= 15 is 0 Å². The predicted octanol–water partition coefficient (Wildman–Crippen LogP) is 3.65. The number of ether oxygens (including phenoxy) is 1. The zero-order valence-corrected chi connectivity index (χ0v) is 14.6. The summed E-state index contributed by atoms with van der Waals surface area (Å²) in [5.41, 5.74) is 1.96.